The summed E-state index contributed by atoms with van der Waals surface area (Å²) in [5, 5.41) is 0. The van der Waals surface area contributed by atoms with Crippen LogP contribution in [0.25, 0.3) is 11.6 Å². The van der Waals surface area contributed by atoms with Crippen molar-refractivity contribution in [1.29, 1.82) is 0 Å². The molecule has 1 N–H and O–H groups in total. The zero-order valence-electron chi connectivity index (χ0n) is 10.0. The predicted octanol–water partition coefficient (Wildman–Crippen LogP) is 1.52. The van der Waals surface area contributed by atoms with E-state index < -0.39 is 11.5 Å². The average molecular weight is 248 g/mol. The highest BCUT2D eigenvalue weighted by molar-refractivity contribution is 5.88. The van der Waals surface area contributed by atoms with Crippen LogP contribution >= 0.6 is 0 Å². The van der Waals surface area contributed by atoms with E-state index in [9.17, 15) is 9.59 Å². The molecule has 0 amide bonds. The Morgan fingerprint density at radius 2 is 2.33 bits per heavy atom. The molecule has 6 nitrogen and oxygen atoms in total. The number of hydrogen-bond donors (Lipinski definition) is 1. The van der Waals surface area contributed by atoms with Crippen molar-refractivity contribution in [2.45, 2.75) is 13.8 Å². The standard InChI is InChI=1S/C12H12N2O4/c1-3-17-12(16)8-6-13-10(14-11(8)15)9-7(2)4-5-18-9/h4-6H,3H2,1-2H3,(H,13,14,15). The minimum Gasteiger partial charge on any atom is -0.462 e. The maximum Gasteiger partial charge on any atom is 0.345 e. The van der Waals surface area contributed by atoms with Gasteiger partial charge in [-0.15, -0.1) is 0 Å². The molecule has 6 heteroatoms. The number of aromatic nitrogens is 2. The number of aromatic amines is 1. The second kappa shape index (κ2) is 4.87. The van der Waals surface area contributed by atoms with Crippen LogP contribution in [0.4, 0.5) is 0 Å². The zero-order chi connectivity index (χ0) is 13.1. The molecule has 0 saturated heterocycles. The van der Waals surface area contributed by atoms with Crippen LogP contribution < -0.4 is 5.56 Å². The van der Waals surface area contributed by atoms with Gasteiger partial charge in [0.1, 0.15) is 5.56 Å². The Hall–Kier alpha value is -2.37. The molecule has 0 spiro atoms. The topological polar surface area (TPSA) is 85.2 Å². The second-order valence-corrected chi connectivity index (χ2v) is 3.63. The van der Waals surface area contributed by atoms with Crippen LogP contribution in [0, 0.1) is 6.92 Å². The van der Waals surface area contributed by atoms with Crippen LogP contribution in [0.2, 0.25) is 0 Å². The second-order valence-electron chi connectivity index (χ2n) is 3.63. The number of nitrogens with one attached hydrogen (secondary N) is 1. The first-order chi connectivity index (χ1) is 8.63. The Morgan fingerprint density at radius 3 is 2.89 bits per heavy atom. The van der Waals surface area contributed by atoms with Crippen LogP contribution in [-0.4, -0.2) is 22.5 Å². The number of aryl methyl sites for hydroxylation is 1. The van der Waals surface area contributed by atoms with Gasteiger partial charge in [0.2, 0.25) is 0 Å². The van der Waals surface area contributed by atoms with Gasteiger partial charge in [0.25, 0.3) is 5.56 Å². The van der Waals surface area contributed by atoms with Crippen molar-refractivity contribution in [3.63, 3.8) is 0 Å². The Balaban J connectivity index is 2.40. The number of H-pyrrole nitrogens is 1. The summed E-state index contributed by atoms with van der Waals surface area (Å²) < 4.78 is 9.95. The molecule has 0 aliphatic carbocycles. The highest BCUT2D eigenvalue weighted by atomic mass is 16.5. The molecule has 0 saturated carbocycles. The van der Waals surface area contributed by atoms with E-state index in [4.69, 9.17) is 9.15 Å². The van der Waals surface area contributed by atoms with Crippen molar-refractivity contribution in [3.05, 3.63) is 40.0 Å². The summed E-state index contributed by atoms with van der Waals surface area (Å²) in [6.45, 7) is 3.70. The summed E-state index contributed by atoms with van der Waals surface area (Å²) in [5.74, 6) is 0.0759. The maximum atomic E-state index is 11.7. The number of hydrogen-bond acceptors (Lipinski definition) is 5. The average Bonchev–Trinajstić information content (AvgIpc) is 2.75. The summed E-state index contributed by atoms with van der Waals surface area (Å²) >= 11 is 0. The smallest absolute Gasteiger partial charge is 0.345 e. The first-order valence-electron chi connectivity index (χ1n) is 5.44. The fraction of sp³-hybridized carbons (Fsp3) is 0.250. The number of carbonyl (C=O) groups is 1. The number of rotatable bonds is 3. The van der Waals surface area contributed by atoms with Gasteiger partial charge in [-0.2, -0.15) is 0 Å². The van der Waals surface area contributed by atoms with Gasteiger partial charge in [0.05, 0.1) is 12.9 Å². The maximum absolute atomic E-state index is 11.7. The van der Waals surface area contributed by atoms with Gasteiger partial charge >= 0.3 is 5.97 Å². The molecule has 0 aromatic carbocycles. The normalized spacial score (nSPS) is 10.3. The molecule has 0 radical (unpaired) electrons. The lowest BCUT2D eigenvalue weighted by Crippen LogP contribution is -2.21. The lowest BCUT2D eigenvalue weighted by molar-refractivity contribution is 0.0523. The third kappa shape index (κ3) is 2.17. The number of carbonyl (C=O) groups excluding carboxylic acids is 1. The van der Waals surface area contributed by atoms with Crippen molar-refractivity contribution >= 4 is 5.97 Å². The summed E-state index contributed by atoms with van der Waals surface area (Å²) in [6.07, 6.45) is 2.69. The number of furan rings is 1. The van der Waals surface area contributed by atoms with E-state index in [1.807, 2.05) is 6.92 Å². The molecule has 0 fully saturated rings. The molecule has 18 heavy (non-hydrogen) atoms. The molecule has 94 valence electrons. The van der Waals surface area contributed by atoms with Crippen LogP contribution in [0.5, 0.6) is 0 Å². The molecule has 0 aliphatic rings. The molecule has 2 rings (SSSR count). The van der Waals surface area contributed by atoms with E-state index in [0.717, 1.165) is 5.56 Å². The zero-order valence-corrected chi connectivity index (χ0v) is 10.0. The van der Waals surface area contributed by atoms with E-state index in [0.29, 0.717) is 5.76 Å². The van der Waals surface area contributed by atoms with Gasteiger partial charge in [0, 0.05) is 6.20 Å². The summed E-state index contributed by atoms with van der Waals surface area (Å²) in [7, 11) is 0. The molecule has 0 unspecified atom stereocenters. The van der Waals surface area contributed by atoms with Crippen LogP contribution in [0.1, 0.15) is 22.8 Å². The lowest BCUT2D eigenvalue weighted by Gasteiger charge is -2.02. The van der Waals surface area contributed by atoms with E-state index in [1.54, 1.807) is 13.0 Å². The van der Waals surface area contributed by atoms with Gasteiger partial charge in [-0.1, -0.05) is 0 Å². The number of esters is 1. The minimum absolute atomic E-state index is 0.121. The molecule has 0 atom stereocenters. The van der Waals surface area contributed by atoms with Gasteiger partial charge in [0.15, 0.2) is 11.6 Å². The molecule has 2 aromatic heterocycles. The molecule has 0 bridgehead atoms. The predicted molar refractivity (Wildman–Crippen MR) is 63.3 cm³/mol. The number of nitrogens with zero attached hydrogens (tertiary/aromatic N) is 1. The van der Waals surface area contributed by atoms with Gasteiger partial charge in [-0.3, -0.25) is 4.79 Å². The Kier molecular flexibility index (Phi) is 3.27. The molecular weight excluding hydrogens is 236 g/mol. The fourth-order valence-corrected chi connectivity index (χ4v) is 1.48. The lowest BCUT2D eigenvalue weighted by atomic mass is 10.2. The molecule has 2 aromatic rings. The fourth-order valence-electron chi connectivity index (χ4n) is 1.48. The minimum atomic E-state index is -0.686. The largest absolute Gasteiger partial charge is 0.462 e. The van der Waals surface area contributed by atoms with Gasteiger partial charge in [-0.25, -0.2) is 9.78 Å². The van der Waals surface area contributed by atoms with Crippen molar-refractivity contribution < 1.29 is 13.9 Å². The van der Waals surface area contributed by atoms with E-state index in [2.05, 4.69) is 9.97 Å². The molecule has 0 aliphatic heterocycles. The van der Waals surface area contributed by atoms with Crippen LogP contribution in [0.3, 0.4) is 0 Å². The first kappa shape index (κ1) is 12.1. The van der Waals surface area contributed by atoms with Gasteiger partial charge < -0.3 is 14.1 Å². The SMILES string of the molecule is CCOC(=O)c1cnc(-c2occc2C)[nH]c1=O. The summed E-state index contributed by atoms with van der Waals surface area (Å²) in [5.41, 5.74) is 0.182. The molecular formula is C12H12N2O4. The van der Waals surface area contributed by atoms with E-state index in [-0.39, 0.29) is 18.0 Å². The summed E-state index contributed by atoms with van der Waals surface area (Å²) in [6, 6.07) is 1.76. The highest BCUT2D eigenvalue weighted by Crippen LogP contribution is 2.19. The Labute approximate surface area is 103 Å². The Morgan fingerprint density at radius 1 is 1.56 bits per heavy atom. The van der Waals surface area contributed by atoms with E-state index >= 15 is 0 Å². The monoisotopic (exact) mass is 248 g/mol. The third-order valence-electron chi connectivity index (χ3n) is 2.37. The Bertz CT molecular complexity index is 627. The quantitative estimate of drug-likeness (QED) is 0.832. The van der Waals surface area contributed by atoms with Gasteiger partial charge in [-0.05, 0) is 25.5 Å². The van der Waals surface area contributed by atoms with Crippen molar-refractivity contribution in [3.8, 4) is 11.6 Å². The van der Waals surface area contributed by atoms with Crippen LogP contribution in [0.15, 0.2) is 27.7 Å². The van der Waals surface area contributed by atoms with E-state index in [1.165, 1.54) is 12.5 Å². The van der Waals surface area contributed by atoms with Crippen molar-refractivity contribution in [1.82, 2.24) is 9.97 Å². The highest BCUT2D eigenvalue weighted by Gasteiger charge is 2.15. The van der Waals surface area contributed by atoms with Crippen LogP contribution in [-0.2, 0) is 4.74 Å². The van der Waals surface area contributed by atoms with Crippen molar-refractivity contribution in [2.75, 3.05) is 6.61 Å². The number of ether oxygens (including phenoxy) is 1. The van der Waals surface area contributed by atoms with Crippen molar-refractivity contribution in [2.24, 2.45) is 0 Å². The third-order valence-corrected chi connectivity index (χ3v) is 2.37. The first-order valence-corrected chi connectivity index (χ1v) is 5.44. The summed E-state index contributed by atoms with van der Waals surface area (Å²) in [4.78, 5) is 29.6. The molecule has 2 heterocycles.